The smallest absolute Gasteiger partial charge is 0.321 e. The molecule has 1 aromatic rings. The lowest BCUT2D eigenvalue weighted by Gasteiger charge is -2.34. The summed E-state index contributed by atoms with van der Waals surface area (Å²) in [6.45, 7) is 5.51. The molecule has 0 bridgehead atoms. The van der Waals surface area contributed by atoms with Crippen molar-refractivity contribution in [2.45, 2.75) is 20.3 Å². The molecule has 0 spiro atoms. The Morgan fingerprint density at radius 3 is 2.47 bits per heavy atom. The van der Waals surface area contributed by atoms with E-state index in [4.69, 9.17) is 0 Å². The average Bonchev–Trinajstić information content (AvgIpc) is 2.31. The molecule has 1 aromatic carbocycles. The highest BCUT2D eigenvalue weighted by atomic mass is 19.1. The minimum absolute atomic E-state index is 0.0114. The molecule has 1 heterocycles. The van der Waals surface area contributed by atoms with Crippen LogP contribution in [0.2, 0.25) is 0 Å². The molecule has 0 aliphatic carbocycles. The van der Waals surface area contributed by atoms with Crippen molar-refractivity contribution in [1.82, 2.24) is 4.90 Å². The lowest BCUT2D eigenvalue weighted by molar-refractivity contribution is 0.156. The highest BCUT2D eigenvalue weighted by Gasteiger charge is 2.25. The van der Waals surface area contributed by atoms with E-state index in [2.05, 4.69) is 19.2 Å². The summed E-state index contributed by atoms with van der Waals surface area (Å²) in [4.78, 5) is 13.7. The number of halogens is 2. The predicted molar refractivity (Wildman–Crippen MR) is 69.9 cm³/mol. The van der Waals surface area contributed by atoms with Crippen molar-refractivity contribution in [1.29, 1.82) is 0 Å². The molecule has 0 aromatic heterocycles. The van der Waals surface area contributed by atoms with Gasteiger partial charge >= 0.3 is 6.03 Å². The molecule has 2 amide bonds. The highest BCUT2D eigenvalue weighted by molar-refractivity contribution is 5.89. The number of nitrogens with one attached hydrogen (secondary N) is 1. The van der Waals surface area contributed by atoms with Gasteiger partial charge in [0.2, 0.25) is 0 Å². The van der Waals surface area contributed by atoms with Crippen molar-refractivity contribution in [2.24, 2.45) is 11.8 Å². The zero-order valence-corrected chi connectivity index (χ0v) is 11.1. The zero-order chi connectivity index (χ0) is 14.0. The van der Waals surface area contributed by atoms with E-state index in [0.717, 1.165) is 18.6 Å². The van der Waals surface area contributed by atoms with E-state index >= 15 is 0 Å². The van der Waals surface area contributed by atoms with E-state index in [9.17, 15) is 13.6 Å². The van der Waals surface area contributed by atoms with Crippen LogP contribution in [0.5, 0.6) is 0 Å². The van der Waals surface area contributed by atoms with E-state index in [1.54, 1.807) is 4.90 Å². The van der Waals surface area contributed by atoms with E-state index in [0.29, 0.717) is 24.9 Å². The molecule has 5 heteroatoms. The van der Waals surface area contributed by atoms with Gasteiger partial charge in [-0.1, -0.05) is 13.8 Å². The molecule has 3 nitrogen and oxygen atoms in total. The molecule has 1 N–H and O–H groups in total. The average molecular weight is 268 g/mol. The first-order valence-corrected chi connectivity index (χ1v) is 6.46. The molecule has 2 atom stereocenters. The molecule has 0 radical (unpaired) electrons. The second-order valence-electron chi connectivity index (χ2n) is 5.41. The fourth-order valence-corrected chi connectivity index (χ4v) is 2.61. The number of anilines is 1. The van der Waals surface area contributed by atoms with Crippen molar-refractivity contribution in [3.63, 3.8) is 0 Å². The molecule has 104 valence electrons. The number of hydrogen-bond donors (Lipinski definition) is 1. The molecular formula is C14H18F2N2O. The van der Waals surface area contributed by atoms with Gasteiger partial charge in [0.1, 0.15) is 11.6 Å². The summed E-state index contributed by atoms with van der Waals surface area (Å²) in [6.07, 6.45) is 1.09. The van der Waals surface area contributed by atoms with E-state index < -0.39 is 11.6 Å². The Balaban J connectivity index is 2.04. The Morgan fingerprint density at radius 2 is 1.89 bits per heavy atom. The van der Waals surface area contributed by atoms with Crippen molar-refractivity contribution in [2.75, 3.05) is 18.4 Å². The van der Waals surface area contributed by atoms with Crippen LogP contribution < -0.4 is 5.32 Å². The minimum Gasteiger partial charge on any atom is -0.324 e. The first kappa shape index (κ1) is 13.8. The van der Waals surface area contributed by atoms with E-state index in [1.165, 1.54) is 6.07 Å². The van der Waals surface area contributed by atoms with Crippen LogP contribution >= 0.6 is 0 Å². The van der Waals surface area contributed by atoms with E-state index in [-0.39, 0.29) is 11.7 Å². The van der Waals surface area contributed by atoms with Crippen molar-refractivity contribution >= 4 is 11.7 Å². The molecule has 1 aliphatic heterocycles. The van der Waals surface area contributed by atoms with Crippen molar-refractivity contribution < 1.29 is 13.6 Å². The van der Waals surface area contributed by atoms with Crippen molar-refractivity contribution in [3.8, 4) is 0 Å². The van der Waals surface area contributed by atoms with Crippen LogP contribution in [0.15, 0.2) is 18.2 Å². The third-order valence-corrected chi connectivity index (χ3v) is 3.33. The standard InChI is InChI=1S/C14H18F2N2O/c1-9-5-10(2)8-18(7-9)14(19)17-13-4-3-11(15)6-12(13)16/h3-4,6,9-10H,5,7-8H2,1-2H3,(H,17,19)/t9-,10+. The van der Waals surface area contributed by atoms with Gasteiger partial charge in [0, 0.05) is 19.2 Å². The zero-order valence-electron chi connectivity index (χ0n) is 11.1. The first-order chi connectivity index (χ1) is 8.95. The number of carbonyl (C=O) groups excluding carboxylic acids is 1. The van der Waals surface area contributed by atoms with Gasteiger partial charge in [0.15, 0.2) is 0 Å². The Morgan fingerprint density at radius 1 is 1.26 bits per heavy atom. The molecule has 1 fully saturated rings. The third kappa shape index (κ3) is 3.43. The fourth-order valence-electron chi connectivity index (χ4n) is 2.61. The third-order valence-electron chi connectivity index (χ3n) is 3.33. The van der Waals surface area contributed by atoms with Gasteiger partial charge in [0.25, 0.3) is 0 Å². The summed E-state index contributed by atoms with van der Waals surface area (Å²) in [6, 6.07) is 2.79. The van der Waals surface area contributed by atoms with Gasteiger partial charge in [-0.3, -0.25) is 0 Å². The quantitative estimate of drug-likeness (QED) is 0.831. The Kier molecular flexibility index (Phi) is 4.02. The van der Waals surface area contributed by atoms with Crippen LogP contribution in [-0.2, 0) is 0 Å². The lowest BCUT2D eigenvalue weighted by atomic mass is 9.92. The molecule has 19 heavy (non-hydrogen) atoms. The molecule has 0 unspecified atom stereocenters. The topological polar surface area (TPSA) is 32.3 Å². The number of piperidine rings is 1. The Hall–Kier alpha value is -1.65. The maximum atomic E-state index is 13.5. The van der Waals surface area contributed by atoms with Crippen molar-refractivity contribution in [3.05, 3.63) is 29.8 Å². The molecule has 1 saturated heterocycles. The van der Waals surface area contributed by atoms with Crippen LogP contribution in [0.3, 0.4) is 0 Å². The van der Waals surface area contributed by atoms with Gasteiger partial charge in [-0.05, 0) is 30.4 Å². The lowest BCUT2D eigenvalue weighted by Crippen LogP contribution is -2.44. The van der Waals surface area contributed by atoms with Crippen LogP contribution in [0.4, 0.5) is 19.3 Å². The number of likely N-dealkylation sites (tertiary alicyclic amines) is 1. The number of amides is 2. The van der Waals surface area contributed by atoms with E-state index in [1.807, 2.05) is 0 Å². The van der Waals surface area contributed by atoms with Crippen LogP contribution in [-0.4, -0.2) is 24.0 Å². The van der Waals surface area contributed by atoms with Gasteiger partial charge in [-0.25, -0.2) is 13.6 Å². The second-order valence-corrected chi connectivity index (χ2v) is 5.41. The summed E-state index contributed by atoms with van der Waals surface area (Å²) in [5.74, 6) is -0.540. The van der Waals surface area contributed by atoms with Crippen LogP contribution in [0.1, 0.15) is 20.3 Å². The SMILES string of the molecule is C[C@@H]1C[C@H](C)CN(C(=O)Nc2ccc(F)cc2F)C1. The molecule has 0 saturated carbocycles. The molecule has 1 aliphatic rings. The largest absolute Gasteiger partial charge is 0.324 e. The van der Waals surface area contributed by atoms with Crippen LogP contribution in [0.25, 0.3) is 0 Å². The summed E-state index contributed by atoms with van der Waals surface area (Å²) in [7, 11) is 0. The Labute approximate surface area is 111 Å². The number of benzene rings is 1. The second kappa shape index (κ2) is 5.55. The minimum atomic E-state index is -0.758. The maximum Gasteiger partial charge on any atom is 0.321 e. The number of carbonyl (C=O) groups is 1. The normalized spacial score (nSPS) is 23.3. The predicted octanol–water partition coefficient (Wildman–Crippen LogP) is 3.47. The van der Waals surface area contributed by atoms with Gasteiger partial charge in [-0.15, -0.1) is 0 Å². The molecule has 2 rings (SSSR count). The monoisotopic (exact) mass is 268 g/mol. The number of urea groups is 1. The number of hydrogen-bond acceptors (Lipinski definition) is 1. The fraction of sp³-hybridized carbons (Fsp3) is 0.500. The van der Waals surface area contributed by atoms with Gasteiger partial charge in [0.05, 0.1) is 5.69 Å². The summed E-state index contributed by atoms with van der Waals surface area (Å²) < 4.78 is 26.2. The maximum absolute atomic E-state index is 13.5. The van der Waals surface area contributed by atoms with Gasteiger partial charge < -0.3 is 10.2 Å². The highest BCUT2D eigenvalue weighted by Crippen LogP contribution is 2.22. The summed E-state index contributed by atoms with van der Waals surface area (Å²) >= 11 is 0. The number of rotatable bonds is 1. The summed E-state index contributed by atoms with van der Waals surface area (Å²) in [5.41, 5.74) is 0.0114. The first-order valence-electron chi connectivity index (χ1n) is 6.46. The Bertz CT molecular complexity index is 469. The molecular weight excluding hydrogens is 250 g/mol. The van der Waals surface area contributed by atoms with Crippen LogP contribution in [0, 0.1) is 23.5 Å². The summed E-state index contributed by atoms with van der Waals surface area (Å²) in [5, 5.41) is 2.49. The number of nitrogens with zero attached hydrogens (tertiary/aromatic N) is 1. The van der Waals surface area contributed by atoms with Gasteiger partial charge in [-0.2, -0.15) is 0 Å².